The van der Waals surface area contributed by atoms with Crippen molar-refractivity contribution in [1.82, 2.24) is 9.21 Å². The van der Waals surface area contributed by atoms with Gasteiger partial charge in [-0.25, -0.2) is 12.7 Å². The summed E-state index contributed by atoms with van der Waals surface area (Å²) in [5, 5.41) is 19.1. The Labute approximate surface area is 228 Å². The van der Waals surface area contributed by atoms with Crippen LogP contribution in [0.25, 0.3) is 0 Å². The first-order valence-corrected chi connectivity index (χ1v) is 14.3. The van der Waals surface area contributed by atoms with Gasteiger partial charge < -0.3 is 20.6 Å². The molecule has 0 bridgehead atoms. The summed E-state index contributed by atoms with van der Waals surface area (Å²) in [5.74, 6) is -0.358. The number of sulfonamides is 1. The number of carbonyl (C=O) groups excluding carboxylic acids is 1. The predicted molar refractivity (Wildman–Crippen MR) is 152 cm³/mol. The van der Waals surface area contributed by atoms with Crippen LogP contribution in [-0.4, -0.2) is 60.9 Å². The molecule has 5 rings (SSSR count). The summed E-state index contributed by atoms with van der Waals surface area (Å²) in [6.07, 6.45) is 1.32. The number of hydrogen-bond donors (Lipinski definition) is 3. The molecule has 1 fully saturated rings. The Bertz CT molecular complexity index is 1480. The zero-order valence-corrected chi connectivity index (χ0v) is 22.8. The number of thiocarbonyl (C=S) groups is 1. The number of piperidine rings is 1. The van der Waals surface area contributed by atoms with Crippen molar-refractivity contribution in [1.29, 1.82) is 0 Å². The molecule has 1 saturated heterocycles. The molecule has 198 valence electrons. The van der Waals surface area contributed by atoms with Gasteiger partial charge in [0.2, 0.25) is 10.0 Å². The number of likely N-dealkylation sites (tertiary alicyclic amines) is 1. The molecule has 2 aliphatic heterocycles. The predicted octanol–water partition coefficient (Wildman–Crippen LogP) is 3.85. The Morgan fingerprint density at radius 3 is 2.26 bits per heavy atom. The summed E-state index contributed by atoms with van der Waals surface area (Å²) in [7, 11) is -0.506. The zero-order valence-electron chi connectivity index (χ0n) is 21.2. The average Bonchev–Trinajstić information content (AvgIpc) is 3.02. The molecule has 2 heterocycles. The minimum atomic E-state index is -3.50. The number of aliphatic hydroxyl groups is 1. The van der Waals surface area contributed by atoms with Crippen molar-refractivity contribution in [2.75, 3.05) is 37.8 Å². The molecule has 38 heavy (non-hydrogen) atoms. The topological polar surface area (TPSA) is 102 Å². The highest BCUT2D eigenvalue weighted by Gasteiger charge is 2.46. The van der Waals surface area contributed by atoms with Crippen molar-refractivity contribution >= 4 is 44.6 Å². The minimum Gasteiger partial charge on any atom is -0.380 e. The molecule has 3 aromatic rings. The van der Waals surface area contributed by atoms with Crippen molar-refractivity contribution in [3.05, 3.63) is 89.5 Å². The molecule has 1 unspecified atom stereocenters. The summed E-state index contributed by atoms with van der Waals surface area (Å²) in [5.41, 5.74) is 1.78. The second-order valence-corrected chi connectivity index (χ2v) is 12.4. The van der Waals surface area contributed by atoms with Gasteiger partial charge in [0, 0.05) is 55.2 Å². The van der Waals surface area contributed by atoms with Crippen LogP contribution in [0, 0.1) is 5.92 Å². The number of nitrogens with zero attached hydrogens (tertiary/aromatic N) is 2. The molecule has 0 aliphatic carbocycles. The normalized spacial score (nSPS) is 19.8. The van der Waals surface area contributed by atoms with Crippen LogP contribution in [0.5, 0.6) is 0 Å². The lowest BCUT2D eigenvalue weighted by Crippen LogP contribution is -2.47. The molecular weight excluding hydrogens is 520 g/mol. The number of amides is 1. The lowest BCUT2D eigenvalue weighted by molar-refractivity contribution is -0.00578. The quantitative estimate of drug-likeness (QED) is 0.424. The van der Waals surface area contributed by atoms with Gasteiger partial charge in [-0.05, 0) is 67.4 Å². The van der Waals surface area contributed by atoms with Gasteiger partial charge >= 0.3 is 0 Å². The van der Waals surface area contributed by atoms with Gasteiger partial charge in [-0.3, -0.25) is 4.79 Å². The van der Waals surface area contributed by atoms with E-state index in [4.69, 9.17) is 12.2 Å². The third kappa shape index (κ3) is 4.58. The third-order valence-electron chi connectivity index (χ3n) is 7.43. The van der Waals surface area contributed by atoms with Crippen molar-refractivity contribution in [3.63, 3.8) is 0 Å². The molecule has 0 radical (unpaired) electrons. The summed E-state index contributed by atoms with van der Waals surface area (Å²) < 4.78 is 25.8. The maximum atomic E-state index is 13.0. The molecule has 3 N–H and O–H groups in total. The number of nitrogens with one attached hydrogen (secondary N) is 2. The number of carbonyl (C=O) groups is 1. The van der Waals surface area contributed by atoms with Crippen molar-refractivity contribution in [2.45, 2.75) is 23.3 Å². The van der Waals surface area contributed by atoms with E-state index in [1.54, 1.807) is 30.3 Å². The van der Waals surface area contributed by atoms with Crippen molar-refractivity contribution in [3.8, 4) is 0 Å². The van der Waals surface area contributed by atoms with Crippen LogP contribution >= 0.6 is 12.2 Å². The largest absolute Gasteiger partial charge is 0.380 e. The molecule has 10 heteroatoms. The molecule has 0 spiro atoms. The Morgan fingerprint density at radius 2 is 1.61 bits per heavy atom. The van der Waals surface area contributed by atoms with Crippen LogP contribution in [-0.2, 0) is 15.6 Å². The summed E-state index contributed by atoms with van der Waals surface area (Å²) in [6, 6.07) is 21.2. The number of benzene rings is 3. The molecule has 0 aromatic heterocycles. The maximum absolute atomic E-state index is 13.0. The van der Waals surface area contributed by atoms with Crippen LogP contribution in [0.2, 0.25) is 0 Å². The number of para-hydroxylation sites is 1. The van der Waals surface area contributed by atoms with Gasteiger partial charge in [-0.2, -0.15) is 0 Å². The smallest absolute Gasteiger partial charge is 0.256 e. The fraction of sp³-hybridized carbons (Fsp3) is 0.286. The van der Waals surface area contributed by atoms with Crippen LogP contribution in [0.4, 0.5) is 11.4 Å². The van der Waals surface area contributed by atoms with Gasteiger partial charge in [-0.1, -0.05) is 36.4 Å². The number of hydrogen-bond acceptors (Lipinski definition) is 5. The van der Waals surface area contributed by atoms with E-state index in [2.05, 4.69) is 15.5 Å². The summed E-state index contributed by atoms with van der Waals surface area (Å²) in [4.78, 5) is 15.2. The van der Waals surface area contributed by atoms with Crippen molar-refractivity contribution in [2.24, 2.45) is 5.92 Å². The zero-order chi connectivity index (χ0) is 27.1. The van der Waals surface area contributed by atoms with E-state index in [0.717, 1.165) is 0 Å². The first-order chi connectivity index (χ1) is 18.1. The highest BCUT2D eigenvalue weighted by atomic mass is 32.2. The van der Waals surface area contributed by atoms with E-state index >= 15 is 0 Å². The van der Waals surface area contributed by atoms with E-state index in [0.29, 0.717) is 59.1 Å². The molecule has 1 atom stereocenters. The van der Waals surface area contributed by atoms with Gasteiger partial charge in [-0.15, -0.1) is 0 Å². The standard InChI is InChI=1S/C28H30N4O4S2/c1-31(2)38(35,36)21-13-11-20(12-14-21)29-27(37)32-17-15-19(16-18-32)28(34)23-8-4-3-7-22(23)26(33)30-25-10-6-5-9-24(25)28/h3-14,19,34H,15-18H2,1-2H3,(H,29,37)(H,30,33). The van der Waals surface area contributed by atoms with E-state index in [9.17, 15) is 18.3 Å². The Kier molecular flexibility index (Phi) is 6.99. The third-order valence-corrected chi connectivity index (χ3v) is 9.61. The summed E-state index contributed by atoms with van der Waals surface area (Å²) in [6.45, 7) is 1.25. The molecule has 3 aromatic carbocycles. The SMILES string of the molecule is CN(C)S(=O)(=O)c1ccc(NC(=S)N2CCC(C3(O)c4ccccc4NC(=O)c4ccccc43)CC2)cc1. The van der Waals surface area contributed by atoms with Gasteiger partial charge in [0.05, 0.1) is 4.90 Å². The molecular formula is C28H30N4O4S2. The van der Waals surface area contributed by atoms with E-state index < -0.39 is 15.6 Å². The van der Waals surface area contributed by atoms with Crippen LogP contribution in [0.3, 0.4) is 0 Å². The highest BCUT2D eigenvalue weighted by Crippen LogP contribution is 2.47. The Morgan fingerprint density at radius 1 is 1.00 bits per heavy atom. The second kappa shape index (κ2) is 10.1. The van der Waals surface area contributed by atoms with E-state index in [1.807, 2.05) is 42.5 Å². The molecule has 0 saturated carbocycles. The second-order valence-electron chi connectivity index (χ2n) is 9.81. The molecule has 1 amide bonds. The molecule has 2 aliphatic rings. The number of rotatable bonds is 4. The van der Waals surface area contributed by atoms with Gasteiger partial charge in [0.1, 0.15) is 5.60 Å². The monoisotopic (exact) mass is 550 g/mol. The maximum Gasteiger partial charge on any atom is 0.256 e. The lowest BCUT2D eigenvalue weighted by Gasteiger charge is -2.43. The van der Waals surface area contributed by atoms with Crippen molar-refractivity contribution < 1.29 is 18.3 Å². The van der Waals surface area contributed by atoms with Crippen LogP contribution < -0.4 is 10.6 Å². The Hall–Kier alpha value is -3.31. The number of anilines is 2. The highest BCUT2D eigenvalue weighted by molar-refractivity contribution is 7.89. The number of fused-ring (bicyclic) bond motifs is 2. The van der Waals surface area contributed by atoms with Gasteiger partial charge in [0.25, 0.3) is 5.91 Å². The van der Waals surface area contributed by atoms with Crippen LogP contribution in [0.1, 0.15) is 34.3 Å². The van der Waals surface area contributed by atoms with E-state index in [-0.39, 0.29) is 16.7 Å². The van der Waals surface area contributed by atoms with Gasteiger partial charge in [0.15, 0.2) is 5.11 Å². The average molecular weight is 551 g/mol. The fourth-order valence-corrected chi connectivity index (χ4v) is 6.54. The Balaban J connectivity index is 1.33. The lowest BCUT2D eigenvalue weighted by atomic mass is 9.71. The fourth-order valence-electron chi connectivity index (χ4n) is 5.34. The summed E-state index contributed by atoms with van der Waals surface area (Å²) >= 11 is 5.66. The minimum absolute atomic E-state index is 0.132. The first-order valence-electron chi connectivity index (χ1n) is 12.4. The van der Waals surface area contributed by atoms with Crippen LogP contribution in [0.15, 0.2) is 77.7 Å². The molecule has 8 nitrogen and oxygen atoms in total. The first kappa shape index (κ1) is 26.3. The van der Waals surface area contributed by atoms with E-state index in [1.165, 1.54) is 18.4 Å².